The third-order valence-electron chi connectivity index (χ3n) is 2.30. The number of nitrogens with one attached hydrogen (secondary N) is 1. The first-order chi connectivity index (χ1) is 9.04. The Bertz CT molecular complexity index is 428. The van der Waals surface area contributed by atoms with Crippen LogP contribution in [-0.2, 0) is 9.53 Å². The molecule has 1 aromatic carbocycles. The van der Waals surface area contributed by atoms with Gasteiger partial charge in [-0.05, 0) is 32.0 Å². The number of amides is 1. The van der Waals surface area contributed by atoms with Crippen LogP contribution in [0.2, 0.25) is 5.02 Å². The molecule has 0 aliphatic carbocycles. The van der Waals surface area contributed by atoms with E-state index in [0.29, 0.717) is 36.3 Å². The third kappa shape index (κ3) is 6.43. The maximum absolute atomic E-state index is 11.6. The first kappa shape index (κ1) is 19.0. The Kier molecular flexibility index (Phi) is 9.33. The van der Waals surface area contributed by atoms with Crippen LogP contribution >= 0.6 is 24.0 Å². The maximum atomic E-state index is 11.6. The van der Waals surface area contributed by atoms with Gasteiger partial charge >= 0.3 is 0 Å². The Morgan fingerprint density at radius 1 is 1.45 bits per heavy atom. The van der Waals surface area contributed by atoms with Crippen molar-refractivity contribution in [3.63, 3.8) is 0 Å². The molecule has 0 heterocycles. The summed E-state index contributed by atoms with van der Waals surface area (Å²) in [7, 11) is 0. The number of benzene rings is 1. The SMILES string of the molecule is CCOCCOc1ccc(Cl)cc1NC(=O)[C@H](C)N.Cl. The molecule has 0 radical (unpaired) electrons. The Balaban J connectivity index is 0.00000361. The summed E-state index contributed by atoms with van der Waals surface area (Å²) in [6, 6.07) is 4.41. The van der Waals surface area contributed by atoms with Gasteiger partial charge in [-0.1, -0.05) is 11.6 Å². The molecule has 0 bridgehead atoms. The standard InChI is InChI=1S/C13H19ClN2O3.ClH/c1-3-18-6-7-19-12-5-4-10(14)8-11(12)16-13(17)9(2)15;/h4-5,8-9H,3,6-7,15H2,1-2H3,(H,16,17);1H/t9-;/m0./s1. The van der Waals surface area contributed by atoms with Gasteiger partial charge in [-0.15, -0.1) is 12.4 Å². The van der Waals surface area contributed by atoms with Gasteiger partial charge in [0.15, 0.2) is 0 Å². The number of carbonyl (C=O) groups is 1. The van der Waals surface area contributed by atoms with Crippen LogP contribution in [0.15, 0.2) is 18.2 Å². The number of ether oxygens (including phenoxy) is 2. The van der Waals surface area contributed by atoms with Gasteiger partial charge in [0.25, 0.3) is 0 Å². The second kappa shape index (κ2) is 9.83. The van der Waals surface area contributed by atoms with Crippen molar-refractivity contribution < 1.29 is 14.3 Å². The normalized spacial score (nSPS) is 11.4. The van der Waals surface area contributed by atoms with E-state index in [1.807, 2.05) is 6.92 Å². The molecule has 1 rings (SSSR count). The zero-order valence-electron chi connectivity index (χ0n) is 11.5. The number of rotatable bonds is 7. The Hall–Kier alpha value is -1.01. The van der Waals surface area contributed by atoms with Crippen LogP contribution < -0.4 is 15.8 Å². The zero-order chi connectivity index (χ0) is 14.3. The Morgan fingerprint density at radius 2 is 2.15 bits per heavy atom. The summed E-state index contributed by atoms with van der Waals surface area (Å²) in [5.41, 5.74) is 6.01. The van der Waals surface area contributed by atoms with Gasteiger partial charge in [-0.3, -0.25) is 4.79 Å². The summed E-state index contributed by atoms with van der Waals surface area (Å²) in [4.78, 5) is 11.6. The number of carbonyl (C=O) groups excluding carboxylic acids is 1. The van der Waals surface area contributed by atoms with Gasteiger partial charge in [0.1, 0.15) is 12.4 Å². The van der Waals surface area contributed by atoms with Crippen LogP contribution in [0.3, 0.4) is 0 Å². The predicted octanol–water partition coefficient (Wildman–Crippen LogP) is 2.46. The van der Waals surface area contributed by atoms with Crippen molar-refractivity contribution in [3.05, 3.63) is 23.2 Å². The molecular weight excluding hydrogens is 303 g/mol. The molecule has 0 saturated heterocycles. The molecular formula is C13H20Cl2N2O3. The smallest absolute Gasteiger partial charge is 0.241 e. The number of halogens is 2. The van der Waals surface area contributed by atoms with Crippen LogP contribution in [0.1, 0.15) is 13.8 Å². The molecule has 0 fully saturated rings. The fourth-order valence-electron chi connectivity index (χ4n) is 1.33. The lowest BCUT2D eigenvalue weighted by Gasteiger charge is -2.14. The number of hydrogen-bond donors (Lipinski definition) is 2. The molecule has 0 aliphatic rings. The van der Waals surface area contributed by atoms with Crippen molar-refractivity contribution in [2.24, 2.45) is 5.73 Å². The molecule has 20 heavy (non-hydrogen) atoms. The van der Waals surface area contributed by atoms with Crippen molar-refractivity contribution in [1.82, 2.24) is 0 Å². The summed E-state index contributed by atoms with van der Waals surface area (Å²) >= 11 is 5.90. The first-order valence-corrected chi connectivity index (χ1v) is 6.49. The predicted molar refractivity (Wildman–Crippen MR) is 83.0 cm³/mol. The van der Waals surface area contributed by atoms with Crippen molar-refractivity contribution in [3.8, 4) is 5.75 Å². The molecule has 0 unspecified atom stereocenters. The van der Waals surface area contributed by atoms with E-state index >= 15 is 0 Å². The van der Waals surface area contributed by atoms with Crippen molar-refractivity contribution in [2.45, 2.75) is 19.9 Å². The fraction of sp³-hybridized carbons (Fsp3) is 0.462. The molecule has 5 nitrogen and oxygen atoms in total. The maximum Gasteiger partial charge on any atom is 0.241 e. The topological polar surface area (TPSA) is 73.6 Å². The van der Waals surface area contributed by atoms with E-state index in [0.717, 1.165) is 0 Å². The Morgan fingerprint density at radius 3 is 2.75 bits per heavy atom. The van der Waals surface area contributed by atoms with Crippen LogP contribution in [0.4, 0.5) is 5.69 Å². The van der Waals surface area contributed by atoms with E-state index in [-0.39, 0.29) is 18.3 Å². The largest absolute Gasteiger partial charge is 0.489 e. The molecule has 0 aromatic heterocycles. The quantitative estimate of drug-likeness (QED) is 0.756. The average molecular weight is 323 g/mol. The summed E-state index contributed by atoms with van der Waals surface area (Å²) in [6.45, 7) is 5.04. The molecule has 1 aromatic rings. The molecule has 7 heteroatoms. The minimum absolute atomic E-state index is 0. The molecule has 1 amide bonds. The van der Waals surface area contributed by atoms with Crippen molar-refractivity contribution in [1.29, 1.82) is 0 Å². The average Bonchev–Trinajstić information content (AvgIpc) is 2.36. The second-order valence-corrected chi connectivity index (χ2v) is 4.40. The highest BCUT2D eigenvalue weighted by atomic mass is 35.5. The molecule has 3 N–H and O–H groups in total. The van der Waals surface area contributed by atoms with E-state index in [2.05, 4.69) is 5.32 Å². The van der Waals surface area contributed by atoms with E-state index in [1.54, 1.807) is 25.1 Å². The number of nitrogens with two attached hydrogens (primary N) is 1. The molecule has 0 spiro atoms. The van der Waals surface area contributed by atoms with Crippen LogP contribution in [0.25, 0.3) is 0 Å². The highest BCUT2D eigenvalue weighted by Gasteiger charge is 2.12. The van der Waals surface area contributed by atoms with Gasteiger partial charge in [-0.25, -0.2) is 0 Å². The lowest BCUT2D eigenvalue weighted by Crippen LogP contribution is -2.32. The third-order valence-corrected chi connectivity index (χ3v) is 2.54. The van der Waals surface area contributed by atoms with E-state index in [9.17, 15) is 4.79 Å². The lowest BCUT2D eigenvalue weighted by atomic mass is 10.2. The fourth-order valence-corrected chi connectivity index (χ4v) is 1.50. The van der Waals surface area contributed by atoms with Gasteiger partial charge in [-0.2, -0.15) is 0 Å². The summed E-state index contributed by atoms with van der Waals surface area (Å²) in [6.07, 6.45) is 0. The molecule has 0 saturated carbocycles. The van der Waals surface area contributed by atoms with Gasteiger partial charge in [0, 0.05) is 11.6 Å². The lowest BCUT2D eigenvalue weighted by molar-refractivity contribution is -0.117. The number of anilines is 1. The van der Waals surface area contributed by atoms with Crippen LogP contribution in [0, 0.1) is 0 Å². The molecule has 1 atom stereocenters. The monoisotopic (exact) mass is 322 g/mol. The minimum atomic E-state index is -0.602. The van der Waals surface area contributed by atoms with Gasteiger partial charge < -0.3 is 20.5 Å². The highest BCUT2D eigenvalue weighted by molar-refractivity contribution is 6.31. The second-order valence-electron chi connectivity index (χ2n) is 3.96. The zero-order valence-corrected chi connectivity index (χ0v) is 13.1. The van der Waals surface area contributed by atoms with E-state index in [4.69, 9.17) is 26.8 Å². The molecule has 0 aliphatic heterocycles. The first-order valence-electron chi connectivity index (χ1n) is 6.11. The Labute approximate surface area is 130 Å². The summed E-state index contributed by atoms with van der Waals surface area (Å²) in [5.74, 6) is 0.245. The van der Waals surface area contributed by atoms with Crippen LogP contribution in [-0.4, -0.2) is 31.8 Å². The van der Waals surface area contributed by atoms with Gasteiger partial charge in [0.05, 0.1) is 18.3 Å². The van der Waals surface area contributed by atoms with Crippen molar-refractivity contribution >= 4 is 35.6 Å². The van der Waals surface area contributed by atoms with Crippen LogP contribution in [0.5, 0.6) is 5.75 Å². The van der Waals surface area contributed by atoms with E-state index in [1.165, 1.54) is 0 Å². The minimum Gasteiger partial charge on any atom is -0.489 e. The number of hydrogen-bond acceptors (Lipinski definition) is 4. The summed E-state index contributed by atoms with van der Waals surface area (Å²) < 4.78 is 10.7. The summed E-state index contributed by atoms with van der Waals surface area (Å²) in [5, 5.41) is 3.19. The van der Waals surface area contributed by atoms with Crippen molar-refractivity contribution in [2.75, 3.05) is 25.1 Å². The molecule has 114 valence electrons. The highest BCUT2D eigenvalue weighted by Crippen LogP contribution is 2.28. The van der Waals surface area contributed by atoms with Gasteiger partial charge in [0.2, 0.25) is 5.91 Å². The van der Waals surface area contributed by atoms with E-state index < -0.39 is 6.04 Å².